The Kier molecular flexibility index (Phi) is 2.07. The molecule has 0 nitrogen and oxygen atoms in total. The van der Waals surface area contributed by atoms with Crippen molar-refractivity contribution >= 4 is 0 Å². The highest BCUT2D eigenvalue weighted by atomic mass is 14.5. The van der Waals surface area contributed by atoms with Crippen molar-refractivity contribution in [3.05, 3.63) is 0 Å². The molecule has 0 aromatic heterocycles. The molecule has 0 saturated heterocycles. The Morgan fingerprint density at radius 3 is 2.10 bits per heavy atom. The Morgan fingerprint density at radius 2 is 2.00 bits per heavy atom. The fourth-order valence-corrected chi connectivity index (χ4v) is 2.29. The Hall–Kier alpha value is 0. The van der Waals surface area contributed by atoms with E-state index in [0.717, 1.165) is 17.3 Å². The maximum atomic E-state index is 2.39. The third-order valence-electron chi connectivity index (χ3n) is 3.12. The van der Waals surface area contributed by atoms with Crippen LogP contribution in [0.2, 0.25) is 0 Å². The molecule has 1 fully saturated rings. The summed E-state index contributed by atoms with van der Waals surface area (Å²) in [6.07, 6.45) is 4.33. The fourth-order valence-electron chi connectivity index (χ4n) is 2.29. The molecule has 0 aliphatic heterocycles. The summed E-state index contributed by atoms with van der Waals surface area (Å²) in [6.45, 7) is 9.41. The lowest BCUT2D eigenvalue weighted by atomic mass is 9.90. The van der Waals surface area contributed by atoms with Gasteiger partial charge in [0.1, 0.15) is 0 Å². The average Bonchev–Trinajstić information content (AvgIpc) is 2.42. The van der Waals surface area contributed by atoms with E-state index in [-0.39, 0.29) is 0 Å². The minimum atomic E-state index is 0.772. The van der Waals surface area contributed by atoms with Gasteiger partial charge < -0.3 is 0 Å². The van der Waals surface area contributed by atoms with E-state index in [9.17, 15) is 0 Å². The van der Waals surface area contributed by atoms with Crippen LogP contribution >= 0.6 is 0 Å². The molecule has 0 amide bonds. The monoisotopic (exact) mass is 140 g/mol. The summed E-state index contributed by atoms with van der Waals surface area (Å²) >= 11 is 0. The normalized spacial score (nSPS) is 38.7. The van der Waals surface area contributed by atoms with E-state index in [1.807, 2.05) is 0 Å². The number of rotatable bonds is 3. The van der Waals surface area contributed by atoms with Gasteiger partial charge in [0.25, 0.3) is 0 Å². The molecule has 10 heavy (non-hydrogen) atoms. The summed E-state index contributed by atoms with van der Waals surface area (Å²) in [6, 6.07) is 0. The van der Waals surface area contributed by atoms with Gasteiger partial charge in [-0.15, -0.1) is 0 Å². The number of hydrogen-bond donors (Lipinski definition) is 0. The molecule has 0 heterocycles. The second-order valence-corrected chi connectivity index (χ2v) is 4.42. The van der Waals surface area contributed by atoms with Crippen molar-refractivity contribution in [1.82, 2.24) is 0 Å². The molecular formula is C10H20. The number of hydrogen-bond acceptors (Lipinski definition) is 0. The molecule has 0 spiro atoms. The standard InChI is InChI=1S/C10H20/c1-5-10(6-8(2)3)7-9(10)4/h8-9H,5-7H2,1-4H3. The van der Waals surface area contributed by atoms with Crippen LogP contribution in [0.3, 0.4) is 0 Å². The topological polar surface area (TPSA) is 0 Å². The first-order valence-electron chi connectivity index (χ1n) is 4.60. The molecule has 0 aromatic carbocycles. The Balaban J connectivity index is 2.37. The van der Waals surface area contributed by atoms with Crippen LogP contribution in [0.25, 0.3) is 0 Å². The Bertz CT molecular complexity index is 111. The van der Waals surface area contributed by atoms with Gasteiger partial charge in [-0.3, -0.25) is 0 Å². The predicted molar refractivity (Wildman–Crippen MR) is 46.0 cm³/mol. The molecule has 0 bridgehead atoms. The predicted octanol–water partition coefficient (Wildman–Crippen LogP) is 3.47. The largest absolute Gasteiger partial charge is 0.0648 e. The first kappa shape index (κ1) is 8.10. The maximum Gasteiger partial charge on any atom is -0.0269 e. The van der Waals surface area contributed by atoms with Gasteiger partial charge in [0.2, 0.25) is 0 Å². The first-order chi connectivity index (χ1) is 4.60. The molecule has 1 aliphatic rings. The zero-order valence-electron chi connectivity index (χ0n) is 7.78. The van der Waals surface area contributed by atoms with E-state index < -0.39 is 0 Å². The van der Waals surface area contributed by atoms with E-state index in [2.05, 4.69) is 27.7 Å². The minimum absolute atomic E-state index is 0.772. The lowest BCUT2D eigenvalue weighted by Crippen LogP contribution is -2.05. The van der Waals surface area contributed by atoms with Crippen molar-refractivity contribution in [3.8, 4) is 0 Å². The molecule has 2 unspecified atom stereocenters. The van der Waals surface area contributed by atoms with Crippen LogP contribution in [-0.4, -0.2) is 0 Å². The zero-order chi connectivity index (χ0) is 7.78. The van der Waals surface area contributed by atoms with E-state index in [1.54, 1.807) is 0 Å². The van der Waals surface area contributed by atoms with Crippen molar-refractivity contribution in [2.24, 2.45) is 17.3 Å². The van der Waals surface area contributed by atoms with Gasteiger partial charge in [-0.05, 0) is 30.1 Å². The highest BCUT2D eigenvalue weighted by molar-refractivity contribution is 4.98. The van der Waals surface area contributed by atoms with Crippen molar-refractivity contribution in [2.75, 3.05) is 0 Å². The molecular weight excluding hydrogens is 120 g/mol. The van der Waals surface area contributed by atoms with E-state index in [4.69, 9.17) is 0 Å². The lowest BCUT2D eigenvalue weighted by molar-refractivity contribution is 0.351. The summed E-state index contributed by atoms with van der Waals surface area (Å²) in [7, 11) is 0. The van der Waals surface area contributed by atoms with Gasteiger partial charge >= 0.3 is 0 Å². The second-order valence-electron chi connectivity index (χ2n) is 4.42. The van der Waals surface area contributed by atoms with E-state index >= 15 is 0 Å². The first-order valence-corrected chi connectivity index (χ1v) is 4.60. The van der Waals surface area contributed by atoms with Crippen LogP contribution in [0.5, 0.6) is 0 Å². The van der Waals surface area contributed by atoms with Crippen LogP contribution < -0.4 is 0 Å². The van der Waals surface area contributed by atoms with Crippen LogP contribution in [-0.2, 0) is 0 Å². The van der Waals surface area contributed by atoms with Crippen LogP contribution in [0.1, 0.15) is 47.0 Å². The van der Waals surface area contributed by atoms with Crippen LogP contribution in [0.15, 0.2) is 0 Å². The molecule has 1 aliphatic carbocycles. The average molecular weight is 140 g/mol. The van der Waals surface area contributed by atoms with E-state index in [1.165, 1.54) is 19.3 Å². The summed E-state index contributed by atoms with van der Waals surface area (Å²) < 4.78 is 0. The molecule has 0 N–H and O–H groups in total. The van der Waals surface area contributed by atoms with Crippen molar-refractivity contribution in [3.63, 3.8) is 0 Å². The van der Waals surface area contributed by atoms with Gasteiger partial charge in [-0.1, -0.05) is 34.1 Å². The molecule has 1 rings (SSSR count). The van der Waals surface area contributed by atoms with Crippen molar-refractivity contribution in [1.29, 1.82) is 0 Å². The molecule has 0 heteroatoms. The van der Waals surface area contributed by atoms with Gasteiger partial charge in [-0.25, -0.2) is 0 Å². The Morgan fingerprint density at radius 1 is 1.50 bits per heavy atom. The van der Waals surface area contributed by atoms with Crippen molar-refractivity contribution in [2.45, 2.75) is 47.0 Å². The molecule has 2 atom stereocenters. The molecule has 1 saturated carbocycles. The Labute approximate surface area is 65.0 Å². The third kappa shape index (κ3) is 1.36. The van der Waals surface area contributed by atoms with Crippen LogP contribution in [0, 0.1) is 17.3 Å². The minimum Gasteiger partial charge on any atom is -0.0648 e. The summed E-state index contributed by atoms with van der Waals surface area (Å²) in [5.74, 6) is 1.91. The third-order valence-corrected chi connectivity index (χ3v) is 3.12. The van der Waals surface area contributed by atoms with Crippen molar-refractivity contribution < 1.29 is 0 Å². The summed E-state index contributed by atoms with van der Waals surface area (Å²) in [4.78, 5) is 0. The van der Waals surface area contributed by atoms with Gasteiger partial charge in [0, 0.05) is 0 Å². The summed E-state index contributed by atoms with van der Waals surface area (Å²) in [5.41, 5.74) is 0.772. The lowest BCUT2D eigenvalue weighted by Gasteiger charge is -2.15. The van der Waals surface area contributed by atoms with Gasteiger partial charge in [0.05, 0.1) is 0 Å². The van der Waals surface area contributed by atoms with E-state index in [0.29, 0.717) is 0 Å². The fraction of sp³-hybridized carbons (Fsp3) is 1.00. The molecule has 60 valence electrons. The van der Waals surface area contributed by atoms with Crippen LogP contribution in [0.4, 0.5) is 0 Å². The zero-order valence-corrected chi connectivity index (χ0v) is 7.78. The highest BCUT2D eigenvalue weighted by Gasteiger charge is 2.48. The molecule has 0 radical (unpaired) electrons. The summed E-state index contributed by atoms with van der Waals surface area (Å²) in [5, 5.41) is 0. The maximum absolute atomic E-state index is 2.39. The van der Waals surface area contributed by atoms with Gasteiger partial charge in [0.15, 0.2) is 0 Å². The quantitative estimate of drug-likeness (QED) is 0.563. The highest BCUT2D eigenvalue weighted by Crippen LogP contribution is 2.58. The SMILES string of the molecule is CCC1(CC(C)C)CC1C. The second kappa shape index (κ2) is 2.56. The van der Waals surface area contributed by atoms with Gasteiger partial charge in [-0.2, -0.15) is 0 Å². The molecule has 0 aromatic rings. The smallest absolute Gasteiger partial charge is 0.0269 e.